The van der Waals surface area contributed by atoms with Gasteiger partial charge in [0.15, 0.2) is 6.23 Å². The minimum atomic E-state index is -4.52. The van der Waals surface area contributed by atoms with E-state index in [0.717, 1.165) is 12.3 Å². The van der Waals surface area contributed by atoms with Gasteiger partial charge >= 0.3 is 19.4 Å². The molecule has 2 unspecified atom stereocenters. The Kier molecular flexibility index (Phi) is 8.49. The van der Waals surface area contributed by atoms with Gasteiger partial charge in [0.2, 0.25) is 0 Å². The largest absolute Gasteiger partial charge is 0.462 e. The predicted molar refractivity (Wildman–Crippen MR) is 122 cm³/mol. The van der Waals surface area contributed by atoms with E-state index in [-0.39, 0.29) is 5.75 Å². The van der Waals surface area contributed by atoms with Crippen molar-refractivity contribution in [2.24, 2.45) is 0 Å². The van der Waals surface area contributed by atoms with Crippen molar-refractivity contribution in [1.29, 1.82) is 0 Å². The van der Waals surface area contributed by atoms with Gasteiger partial charge in [-0.2, -0.15) is 5.09 Å². The zero-order valence-electron chi connectivity index (χ0n) is 19.6. The monoisotopic (exact) mass is 531 g/mol. The first-order valence-corrected chi connectivity index (χ1v) is 12.4. The number of aromatic amines is 1. The molecule has 1 aliphatic heterocycles. The first kappa shape index (κ1) is 27.7. The Balaban J connectivity index is 1.81. The number of aliphatic hydroxyl groups excluding tert-OH is 2. The molecule has 36 heavy (non-hydrogen) atoms. The number of H-pyrrole nitrogens is 1. The third-order valence-electron chi connectivity index (χ3n) is 4.96. The van der Waals surface area contributed by atoms with Crippen LogP contribution < -0.4 is 20.9 Å². The maximum Gasteiger partial charge on any atom is 0.459 e. The van der Waals surface area contributed by atoms with Crippen LogP contribution in [0.25, 0.3) is 0 Å². The van der Waals surface area contributed by atoms with Crippen LogP contribution in [0, 0.1) is 0 Å². The number of esters is 1. The van der Waals surface area contributed by atoms with Gasteiger partial charge in [0, 0.05) is 12.3 Å². The van der Waals surface area contributed by atoms with Crippen molar-refractivity contribution in [2.45, 2.75) is 57.2 Å². The molecule has 0 radical (unpaired) electrons. The van der Waals surface area contributed by atoms with E-state index in [2.05, 4.69) is 5.09 Å². The number of rotatable bonds is 10. The van der Waals surface area contributed by atoms with Gasteiger partial charge in [-0.05, 0) is 32.9 Å². The standard InChI is InChI=1S/C21H27FN3O10P/c1-12(2)33-19(29)13(3)24-36(31,35-14-7-5-4-6-8-14)32-11-21(22)17(28)16(27)18(34-21)25-10-9-15(26)23-20(25)30/h4-10,12-13,16-18,27-28H,11H2,1-3H3,(H,24,31)(H,23,26,30)/t13?,16-,17+,18-,21-,36?/m1/s1. The summed E-state index contributed by atoms with van der Waals surface area (Å²) in [5, 5.41) is 23.0. The number of halogens is 1. The maximum atomic E-state index is 15.6. The second kappa shape index (κ2) is 11.0. The van der Waals surface area contributed by atoms with E-state index in [9.17, 15) is 29.2 Å². The van der Waals surface area contributed by atoms with Crippen LogP contribution in [0.4, 0.5) is 4.39 Å². The first-order chi connectivity index (χ1) is 16.8. The fraction of sp³-hybridized carbons (Fsp3) is 0.476. The summed E-state index contributed by atoms with van der Waals surface area (Å²) in [5.41, 5.74) is -1.77. The van der Waals surface area contributed by atoms with Crippen molar-refractivity contribution in [3.05, 3.63) is 63.4 Å². The van der Waals surface area contributed by atoms with Crippen molar-refractivity contribution in [2.75, 3.05) is 6.61 Å². The van der Waals surface area contributed by atoms with E-state index in [0.29, 0.717) is 4.57 Å². The topological polar surface area (TPSA) is 178 Å². The third-order valence-corrected chi connectivity index (χ3v) is 6.58. The van der Waals surface area contributed by atoms with Crippen LogP contribution in [-0.2, 0) is 23.4 Å². The minimum Gasteiger partial charge on any atom is -0.462 e. The van der Waals surface area contributed by atoms with Crippen LogP contribution in [0.5, 0.6) is 5.75 Å². The second-order valence-corrected chi connectivity index (χ2v) is 9.95. The van der Waals surface area contributed by atoms with Crippen LogP contribution in [0.1, 0.15) is 27.0 Å². The zero-order valence-corrected chi connectivity index (χ0v) is 20.5. The lowest BCUT2D eigenvalue weighted by Crippen LogP contribution is -2.44. The Hall–Kier alpha value is -2.87. The van der Waals surface area contributed by atoms with Gasteiger partial charge in [0.1, 0.15) is 30.6 Å². The average molecular weight is 531 g/mol. The SMILES string of the molecule is CC(C)OC(=O)C(C)NP(=O)(OC[C@@]1(F)O[C@@H](n2ccc(=O)[nH]c2=O)[C@H](O)[C@@H]1O)Oc1ccccc1. The lowest BCUT2D eigenvalue weighted by molar-refractivity contribution is -0.204. The number of nitrogens with one attached hydrogen (secondary N) is 2. The molecule has 0 spiro atoms. The highest BCUT2D eigenvalue weighted by atomic mass is 31.2. The van der Waals surface area contributed by atoms with E-state index in [1.165, 1.54) is 19.1 Å². The number of alkyl halides is 1. The lowest BCUT2D eigenvalue weighted by atomic mass is 10.1. The van der Waals surface area contributed by atoms with Crippen LogP contribution in [0.2, 0.25) is 0 Å². The normalized spacial score (nSPS) is 26.4. The number of hydrogen-bond acceptors (Lipinski definition) is 10. The molecule has 198 valence electrons. The van der Waals surface area contributed by atoms with E-state index in [1.807, 2.05) is 4.98 Å². The molecule has 1 saturated heterocycles. The highest BCUT2D eigenvalue weighted by molar-refractivity contribution is 7.52. The maximum absolute atomic E-state index is 15.6. The summed E-state index contributed by atoms with van der Waals surface area (Å²) in [5.74, 6) is -3.90. The van der Waals surface area contributed by atoms with Crippen molar-refractivity contribution in [3.8, 4) is 5.75 Å². The van der Waals surface area contributed by atoms with E-state index in [1.54, 1.807) is 32.0 Å². The van der Waals surface area contributed by atoms with E-state index in [4.69, 9.17) is 18.5 Å². The Bertz CT molecular complexity index is 1220. The smallest absolute Gasteiger partial charge is 0.459 e. The second-order valence-electron chi connectivity index (χ2n) is 8.26. The summed E-state index contributed by atoms with van der Waals surface area (Å²) in [7, 11) is -4.52. The number of carbonyl (C=O) groups excluding carboxylic acids is 1. The molecule has 1 aliphatic rings. The number of aromatic nitrogens is 2. The fourth-order valence-electron chi connectivity index (χ4n) is 3.23. The number of nitrogens with zero attached hydrogens (tertiary/aromatic N) is 1. The number of carbonyl (C=O) groups is 1. The van der Waals surface area contributed by atoms with E-state index < -0.39 is 68.0 Å². The quantitative estimate of drug-likeness (QED) is 0.249. The Morgan fingerprint density at radius 2 is 1.92 bits per heavy atom. The van der Waals surface area contributed by atoms with Crippen molar-refractivity contribution in [3.63, 3.8) is 0 Å². The van der Waals surface area contributed by atoms with Crippen molar-refractivity contribution >= 4 is 13.7 Å². The molecule has 4 N–H and O–H groups in total. The number of hydrogen-bond donors (Lipinski definition) is 4. The molecule has 3 rings (SSSR count). The number of aliphatic hydroxyl groups is 2. The van der Waals surface area contributed by atoms with Crippen LogP contribution in [-0.4, -0.2) is 62.5 Å². The average Bonchev–Trinajstić information content (AvgIpc) is 3.02. The van der Waals surface area contributed by atoms with E-state index >= 15 is 4.39 Å². The number of para-hydroxylation sites is 1. The molecular weight excluding hydrogens is 504 g/mol. The van der Waals surface area contributed by atoms with Gasteiger partial charge < -0.3 is 24.2 Å². The van der Waals surface area contributed by atoms with Gasteiger partial charge in [-0.25, -0.2) is 13.8 Å². The number of ether oxygens (including phenoxy) is 2. The van der Waals surface area contributed by atoms with Crippen LogP contribution in [0.15, 0.2) is 52.2 Å². The van der Waals surface area contributed by atoms with Crippen molar-refractivity contribution in [1.82, 2.24) is 14.6 Å². The van der Waals surface area contributed by atoms with Gasteiger partial charge in [-0.3, -0.25) is 23.7 Å². The predicted octanol–water partition coefficient (Wildman–Crippen LogP) is 0.586. The molecule has 0 bridgehead atoms. The minimum absolute atomic E-state index is 0.0521. The molecule has 1 fully saturated rings. The molecule has 0 amide bonds. The summed E-state index contributed by atoms with van der Waals surface area (Å²) in [6.07, 6.45) is -5.50. The Morgan fingerprint density at radius 1 is 1.25 bits per heavy atom. The molecule has 15 heteroatoms. The Labute approximate surface area is 204 Å². The molecule has 6 atom stereocenters. The first-order valence-electron chi connectivity index (χ1n) is 10.9. The van der Waals surface area contributed by atoms with Crippen LogP contribution in [0.3, 0.4) is 0 Å². The molecule has 0 aliphatic carbocycles. The molecule has 13 nitrogen and oxygen atoms in total. The highest BCUT2D eigenvalue weighted by Gasteiger charge is 2.57. The molecule has 1 aromatic carbocycles. The van der Waals surface area contributed by atoms with Crippen molar-refractivity contribution < 1.29 is 42.5 Å². The molecular formula is C21H27FN3O10P. The highest BCUT2D eigenvalue weighted by Crippen LogP contribution is 2.48. The molecule has 2 heterocycles. The molecule has 1 aromatic heterocycles. The summed E-state index contributed by atoms with van der Waals surface area (Å²) >= 11 is 0. The van der Waals surface area contributed by atoms with Gasteiger partial charge in [-0.15, -0.1) is 0 Å². The Morgan fingerprint density at radius 3 is 2.53 bits per heavy atom. The number of benzene rings is 1. The summed E-state index contributed by atoms with van der Waals surface area (Å²) in [4.78, 5) is 37.4. The zero-order chi connectivity index (χ0) is 26.7. The van der Waals surface area contributed by atoms with Crippen LogP contribution >= 0.6 is 7.75 Å². The van der Waals surface area contributed by atoms with Gasteiger partial charge in [-0.1, -0.05) is 18.2 Å². The lowest BCUT2D eigenvalue weighted by Gasteiger charge is -2.27. The third kappa shape index (κ3) is 6.46. The molecule has 2 aromatic rings. The molecule has 0 saturated carbocycles. The fourth-order valence-corrected chi connectivity index (χ4v) is 4.73. The van der Waals surface area contributed by atoms with Gasteiger partial charge in [0.25, 0.3) is 11.4 Å². The summed E-state index contributed by atoms with van der Waals surface area (Å²) in [6.45, 7) is 3.30. The summed E-state index contributed by atoms with van der Waals surface area (Å²) in [6, 6.07) is 7.38. The van der Waals surface area contributed by atoms with Gasteiger partial charge in [0.05, 0.1) is 6.10 Å². The summed E-state index contributed by atoms with van der Waals surface area (Å²) < 4.78 is 50.5.